The predicted molar refractivity (Wildman–Crippen MR) is 107 cm³/mol. The molecule has 138 valence electrons. The molecule has 0 radical (unpaired) electrons. The number of nitrogens with zero attached hydrogens (tertiary/aromatic N) is 3. The summed E-state index contributed by atoms with van der Waals surface area (Å²) in [5.74, 6) is 1.17. The van der Waals surface area contributed by atoms with E-state index in [1.54, 1.807) is 11.8 Å². The highest BCUT2D eigenvalue weighted by Gasteiger charge is 2.26. The van der Waals surface area contributed by atoms with Crippen molar-refractivity contribution in [2.24, 2.45) is 0 Å². The SMILES string of the molecule is C=CCn1c(S[C@H]2CCCCC2=O)nnc1-c1ccc(C(C)(C)C)cc1. The summed E-state index contributed by atoms with van der Waals surface area (Å²) < 4.78 is 2.06. The highest BCUT2D eigenvalue weighted by atomic mass is 32.2. The van der Waals surface area contributed by atoms with Crippen molar-refractivity contribution in [3.8, 4) is 11.4 Å². The molecule has 1 aromatic heterocycles. The van der Waals surface area contributed by atoms with E-state index in [2.05, 4.69) is 66.4 Å². The number of ketones is 1. The number of carbonyl (C=O) groups excluding carboxylic acids is 1. The van der Waals surface area contributed by atoms with Gasteiger partial charge in [0.1, 0.15) is 5.78 Å². The van der Waals surface area contributed by atoms with Crippen LogP contribution < -0.4 is 0 Å². The maximum atomic E-state index is 12.2. The lowest BCUT2D eigenvalue weighted by Gasteiger charge is -2.20. The van der Waals surface area contributed by atoms with Crippen molar-refractivity contribution in [2.75, 3.05) is 0 Å². The fourth-order valence-corrected chi connectivity index (χ4v) is 4.37. The summed E-state index contributed by atoms with van der Waals surface area (Å²) in [5, 5.41) is 9.62. The number of hydrogen-bond acceptors (Lipinski definition) is 4. The zero-order chi connectivity index (χ0) is 18.7. The molecule has 1 atom stereocenters. The molecule has 0 N–H and O–H groups in total. The Bertz CT molecular complexity index is 787. The van der Waals surface area contributed by atoms with Crippen molar-refractivity contribution >= 4 is 17.5 Å². The number of Topliss-reactive ketones (excluding diaryl/α,β-unsaturated/α-hetero) is 1. The highest BCUT2D eigenvalue weighted by molar-refractivity contribution is 8.00. The average molecular weight is 370 g/mol. The van der Waals surface area contributed by atoms with Crippen LogP contribution in [0.25, 0.3) is 11.4 Å². The van der Waals surface area contributed by atoms with Crippen LogP contribution in [0.2, 0.25) is 0 Å². The third-order valence-electron chi connectivity index (χ3n) is 4.78. The molecule has 1 aromatic carbocycles. The molecule has 1 heterocycles. The first-order chi connectivity index (χ1) is 12.4. The van der Waals surface area contributed by atoms with Crippen molar-refractivity contribution < 1.29 is 4.79 Å². The number of aromatic nitrogens is 3. The lowest BCUT2D eigenvalue weighted by molar-refractivity contribution is -0.119. The highest BCUT2D eigenvalue weighted by Crippen LogP contribution is 2.33. The van der Waals surface area contributed by atoms with Crippen LogP contribution in [0.15, 0.2) is 42.1 Å². The lowest BCUT2D eigenvalue weighted by atomic mass is 9.87. The molecule has 1 aliphatic carbocycles. The van der Waals surface area contributed by atoms with Gasteiger partial charge >= 0.3 is 0 Å². The quantitative estimate of drug-likeness (QED) is 0.693. The van der Waals surface area contributed by atoms with Gasteiger partial charge in [0.05, 0.1) is 5.25 Å². The molecule has 0 amide bonds. The summed E-state index contributed by atoms with van der Waals surface area (Å²) in [5.41, 5.74) is 2.45. The zero-order valence-electron chi connectivity index (χ0n) is 15.9. The Balaban J connectivity index is 1.89. The lowest BCUT2D eigenvalue weighted by Crippen LogP contribution is -2.21. The van der Waals surface area contributed by atoms with Crippen LogP contribution in [0.1, 0.15) is 52.0 Å². The Morgan fingerprint density at radius 1 is 1.23 bits per heavy atom. The first-order valence-corrected chi connectivity index (χ1v) is 10.1. The molecule has 4 nitrogen and oxygen atoms in total. The molecule has 0 spiro atoms. The third kappa shape index (κ3) is 4.09. The normalized spacial score (nSPS) is 18.1. The molecule has 0 unspecified atom stereocenters. The Morgan fingerprint density at radius 2 is 1.96 bits per heavy atom. The van der Waals surface area contributed by atoms with E-state index >= 15 is 0 Å². The van der Waals surface area contributed by atoms with Crippen molar-refractivity contribution in [1.29, 1.82) is 0 Å². The standard InChI is InChI=1S/C21H27N3OS/c1-5-14-24-19(15-10-12-16(13-11-15)21(2,3)4)22-23-20(24)26-18-9-7-6-8-17(18)25/h5,10-13,18H,1,6-9,14H2,2-4H3/t18-/m0/s1. The molecule has 1 aliphatic rings. The van der Waals surface area contributed by atoms with Crippen LogP contribution >= 0.6 is 11.8 Å². The van der Waals surface area contributed by atoms with E-state index in [4.69, 9.17) is 0 Å². The molecule has 0 aliphatic heterocycles. The molecule has 5 heteroatoms. The van der Waals surface area contributed by atoms with Gasteiger partial charge in [0, 0.05) is 18.5 Å². The van der Waals surface area contributed by atoms with Crippen LogP contribution in [-0.2, 0) is 16.8 Å². The summed E-state index contributed by atoms with van der Waals surface area (Å²) in [4.78, 5) is 12.2. The summed E-state index contributed by atoms with van der Waals surface area (Å²) in [7, 11) is 0. The van der Waals surface area contributed by atoms with Gasteiger partial charge in [0.2, 0.25) is 0 Å². The van der Waals surface area contributed by atoms with E-state index in [0.717, 1.165) is 35.8 Å². The van der Waals surface area contributed by atoms with Gasteiger partial charge in [0.15, 0.2) is 11.0 Å². The predicted octanol–water partition coefficient (Wildman–Crippen LogP) is 5.03. The Labute approximate surface area is 160 Å². The molecular formula is C21H27N3OS. The first-order valence-electron chi connectivity index (χ1n) is 9.24. The molecule has 1 fully saturated rings. The minimum Gasteiger partial charge on any atom is -0.298 e. The van der Waals surface area contributed by atoms with Gasteiger partial charge in [-0.25, -0.2) is 0 Å². The van der Waals surface area contributed by atoms with Crippen molar-refractivity contribution in [3.63, 3.8) is 0 Å². The van der Waals surface area contributed by atoms with Gasteiger partial charge < -0.3 is 0 Å². The average Bonchev–Trinajstić information content (AvgIpc) is 2.99. The minimum atomic E-state index is 0.00707. The van der Waals surface area contributed by atoms with Crippen LogP contribution in [0, 0.1) is 0 Å². The molecule has 2 aromatic rings. The Hall–Kier alpha value is -1.88. The second-order valence-corrected chi connectivity index (χ2v) is 9.02. The van der Waals surface area contributed by atoms with Gasteiger partial charge in [-0.05, 0) is 23.8 Å². The Morgan fingerprint density at radius 3 is 2.58 bits per heavy atom. The molecule has 26 heavy (non-hydrogen) atoms. The number of benzene rings is 1. The summed E-state index contributed by atoms with van der Waals surface area (Å²) in [6, 6.07) is 8.51. The zero-order valence-corrected chi connectivity index (χ0v) is 16.7. The number of rotatable bonds is 5. The second-order valence-electron chi connectivity index (χ2n) is 7.85. The van der Waals surface area contributed by atoms with Crippen LogP contribution in [0.5, 0.6) is 0 Å². The molecule has 3 rings (SSSR count). The fourth-order valence-electron chi connectivity index (χ4n) is 3.21. The van der Waals surface area contributed by atoms with Gasteiger partial charge in [-0.15, -0.1) is 16.8 Å². The van der Waals surface area contributed by atoms with Crippen molar-refractivity contribution in [3.05, 3.63) is 42.5 Å². The largest absolute Gasteiger partial charge is 0.298 e. The summed E-state index contributed by atoms with van der Waals surface area (Å²) in [6.07, 6.45) is 5.60. The monoisotopic (exact) mass is 369 g/mol. The molecule has 0 saturated heterocycles. The number of hydrogen-bond donors (Lipinski definition) is 0. The third-order valence-corrected chi connectivity index (χ3v) is 6.08. The first kappa shape index (κ1) is 18.9. The van der Waals surface area contributed by atoms with Gasteiger partial charge in [-0.1, -0.05) is 69.3 Å². The van der Waals surface area contributed by atoms with E-state index in [9.17, 15) is 4.79 Å². The van der Waals surface area contributed by atoms with E-state index in [-0.39, 0.29) is 10.7 Å². The number of thioether (sulfide) groups is 1. The maximum absolute atomic E-state index is 12.2. The van der Waals surface area contributed by atoms with E-state index < -0.39 is 0 Å². The van der Waals surface area contributed by atoms with E-state index in [1.807, 2.05) is 6.08 Å². The van der Waals surface area contributed by atoms with Gasteiger partial charge in [-0.3, -0.25) is 9.36 Å². The topological polar surface area (TPSA) is 47.8 Å². The summed E-state index contributed by atoms with van der Waals surface area (Å²) >= 11 is 1.55. The van der Waals surface area contributed by atoms with Gasteiger partial charge in [-0.2, -0.15) is 0 Å². The molecule has 0 bridgehead atoms. The van der Waals surface area contributed by atoms with E-state index in [1.165, 1.54) is 5.56 Å². The van der Waals surface area contributed by atoms with E-state index in [0.29, 0.717) is 18.7 Å². The molecule has 1 saturated carbocycles. The number of allylic oxidation sites excluding steroid dienone is 1. The second kappa shape index (κ2) is 7.78. The van der Waals surface area contributed by atoms with Crippen LogP contribution in [-0.4, -0.2) is 25.8 Å². The summed E-state index contributed by atoms with van der Waals surface area (Å²) in [6.45, 7) is 11.1. The molecular weight excluding hydrogens is 342 g/mol. The fraction of sp³-hybridized carbons (Fsp3) is 0.476. The van der Waals surface area contributed by atoms with Crippen LogP contribution in [0.3, 0.4) is 0 Å². The smallest absolute Gasteiger partial charge is 0.192 e. The van der Waals surface area contributed by atoms with Crippen molar-refractivity contribution in [2.45, 2.75) is 68.8 Å². The van der Waals surface area contributed by atoms with Gasteiger partial charge in [0.25, 0.3) is 0 Å². The number of carbonyl (C=O) groups is 1. The minimum absolute atomic E-state index is 0.00707. The Kier molecular flexibility index (Phi) is 5.66. The van der Waals surface area contributed by atoms with Crippen LogP contribution in [0.4, 0.5) is 0 Å². The van der Waals surface area contributed by atoms with Crippen molar-refractivity contribution in [1.82, 2.24) is 14.8 Å². The maximum Gasteiger partial charge on any atom is 0.192 e.